The maximum atomic E-state index is 12.4. The Morgan fingerprint density at radius 3 is 2.56 bits per heavy atom. The quantitative estimate of drug-likeness (QED) is 0.925. The van der Waals surface area contributed by atoms with Gasteiger partial charge in [-0.3, -0.25) is 0 Å². The second-order valence-corrected chi connectivity index (χ2v) is 7.78. The molecular weight excluding hydrogens is 292 g/mol. The van der Waals surface area contributed by atoms with Gasteiger partial charge in [-0.25, -0.2) is 8.42 Å². The second kappa shape index (κ2) is 5.88. The standard InChI is InChI=1S/C11H18N2O2S2.ClH/c1-8-6-11(9(2)16-8)17(14,15)13-5-4-10(7-13)12-3;/h6,10,12H,4-5,7H2,1-3H3;1H. The van der Waals surface area contributed by atoms with Crippen molar-refractivity contribution in [2.45, 2.75) is 31.2 Å². The molecule has 7 heteroatoms. The Bertz CT molecular complexity index is 513. The largest absolute Gasteiger partial charge is 0.316 e. The van der Waals surface area contributed by atoms with E-state index in [-0.39, 0.29) is 18.4 Å². The zero-order valence-electron chi connectivity index (χ0n) is 10.8. The lowest BCUT2D eigenvalue weighted by Crippen LogP contribution is -2.33. The summed E-state index contributed by atoms with van der Waals surface area (Å²) in [5.41, 5.74) is 0. The Hall–Kier alpha value is -0.140. The van der Waals surface area contributed by atoms with Crippen LogP contribution in [-0.4, -0.2) is 38.9 Å². The normalized spacial score (nSPS) is 20.9. The first kappa shape index (κ1) is 15.9. The molecule has 1 atom stereocenters. The molecule has 0 radical (unpaired) electrons. The highest BCUT2D eigenvalue weighted by atomic mass is 35.5. The summed E-state index contributed by atoms with van der Waals surface area (Å²) in [6.07, 6.45) is 0.887. The molecule has 0 aromatic carbocycles. The van der Waals surface area contributed by atoms with E-state index >= 15 is 0 Å². The van der Waals surface area contributed by atoms with E-state index in [1.165, 1.54) is 11.3 Å². The summed E-state index contributed by atoms with van der Waals surface area (Å²) in [7, 11) is -1.41. The highest BCUT2D eigenvalue weighted by Gasteiger charge is 2.33. The van der Waals surface area contributed by atoms with Gasteiger partial charge in [0.1, 0.15) is 0 Å². The van der Waals surface area contributed by atoms with Crippen molar-refractivity contribution in [3.05, 3.63) is 15.8 Å². The summed E-state index contributed by atoms with van der Waals surface area (Å²) < 4.78 is 26.5. The average molecular weight is 311 g/mol. The van der Waals surface area contributed by atoms with Crippen LogP contribution in [0.25, 0.3) is 0 Å². The molecule has 0 saturated carbocycles. The van der Waals surface area contributed by atoms with Gasteiger partial charge in [0.15, 0.2) is 0 Å². The van der Waals surface area contributed by atoms with Gasteiger partial charge in [-0.1, -0.05) is 0 Å². The number of nitrogens with one attached hydrogen (secondary N) is 1. The van der Waals surface area contributed by atoms with E-state index in [1.807, 2.05) is 20.9 Å². The average Bonchev–Trinajstić information content (AvgIpc) is 2.85. The summed E-state index contributed by atoms with van der Waals surface area (Å²) in [5, 5.41) is 3.13. The molecule has 1 saturated heterocycles. The number of aryl methyl sites for hydroxylation is 2. The van der Waals surface area contributed by atoms with E-state index in [9.17, 15) is 8.42 Å². The van der Waals surface area contributed by atoms with Crippen LogP contribution in [0.5, 0.6) is 0 Å². The van der Waals surface area contributed by atoms with Crippen molar-refractivity contribution in [2.24, 2.45) is 0 Å². The summed E-state index contributed by atoms with van der Waals surface area (Å²) in [4.78, 5) is 2.41. The lowest BCUT2D eigenvalue weighted by molar-refractivity contribution is 0.464. The van der Waals surface area contributed by atoms with Crippen molar-refractivity contribution in [3.8, 4) is 0 Å². The molecule has 2 heterocycles. The summed E-state index contributed by atoms with van der Waals surface area (Å²) >= 11 is 1.54. The first-order valence-electron chi connectivity index (χ1n) is 5.69. The Morgan fingerprint density at radius 1 is 1.44 bits per heavy atom. The van der Waals surface area contributed by atoms with E-state index in [4.69, 9.17) is 0 Å². The highest BCUT2D eigenvalue weighted by Crippen LogP contribution is 2.29. The van der Waals surface area contributed by atoms with E-state index in [1.54, 1.807) is 10.4 Å². The van der Waals surface area contributed by atoms with Crippen LogP contribution in [0, 0.1) is 13.8 Å². The van der Waals surface area contributed by atoms with Crippen molar-refractivity contribution in [3.63, 3.8) is 0 Å². The molecule has 0 bridgehead atoms. The topological polar surface area (TPSA) is 49.4 Å². The number of thiophene rings is 1. The lowest BCUT2D eigenvalue weighted by Gasteiger charge is -2.16. The lowest BCUT2D eigenvalue weighted by atomic mass is 10.3. The monoisotopic (exact) mass is 310 g/mol. The molecule has 2 rings (SSSR count). The molecule has 1 aromatic rings. The molecule has 18 heavy (non-hydrogen) atoms. The Balaban J connectivity index is 0.00000162. The van der Waals surface area contributed by atoms with Crippen LogP contribution in [0.2, 0.25) is 0 Å². The maximum Gasteiger partial charge on any atom is 0.244 e. The maximum absolute atomic E-state index is 12.4. The van der Waals surface area contributed by atoms with Crippen LogP contribution in [0.4, 0.5) is 0 Å². The zero-order valence-corrected chi connectivity index (χ0v) is 13.2. The Labute approximate surface area is 119 Å². The zero-order chi connectivity index (χ0) is 12.6. The number of hydrogen-bond acceptors (Lipinski definition) is 4. The first-order chi connectivity index (χ1) is 7.95. The SMILES string of the molecule is CNC1CCN(S(=O)(=O)c2cc(C)sc2C)C1.Cl. The predicted octanol–water partition coefficient (Wildman–Crippen LogP) is 1.77. The number of halogens is 1. The third-order valence-corrected chi connectivity index (χ3v) is 6.26. The van der Waals surface area contributed by atoms with E-state index in [0.717, 1.165) is 16.2 Å². The molecule has 1 aliphatic heterocycles. The molecule has 1 unspecified atom stereocenters. The third-order valence-electron chi connectivity index (χ3n) is 3.17. The summed E-state index contributed by atoms with van der Waals surface area (Å²) in [5.74, 6) is 0. The van der Waals surface area contributed by atoms with Gasteiger partial charge in [0.25, 0.3) is 0 Å². The number of hydrogen-bond donors (Lipinski definition) is 1. The predicted molar refractivity (Wildman–Crippen MR) is 77.3 cm³/mol. The minimum Gasteiger partial charge on any atom is -0.316 e. The third kappa shape index (κ3) is 2.88. The fraction of sp³-hybridized carbons (Fsp3) is 0.636. The van der Waals surface area contributed by atoms with E-state index in [0.29, 0.717) is 18.0 Å². The molecule has 104 valence electrons. The van der Waals surface area contributed by atoms with Crippen LogP contribution in [0.15, 0.2) is 11.0 Å². The molecular formula is C11H19ClN2O2S2. The molecule has 0 aliphatic carbocycles. The van der Waals surface area contributed by atoms with Crippen LogP contribution in [-0.2, 0) is 10.0 Å². The van der Waals surface area contributed by atoms with Gasteiger partial charge >= 0.3 is 0 Å². The van der Waals surface area contributed by atoms with Crippen LogP contribution in [0.3, 0.4) is 0 Å². The first-order valence-corrected chi connectivity index (χ1v) is 7.95. The Kier molecular flexibility index (Phi) is 5.20. The van der Waals surface area contributed by atoms with Crippen molar-refractivity contribution < 1.29 is 8.42 Å². The van der Waals surface area contributed by atoms with Gasteiger partial charge < -0.3 is 5.32 Å². The van der Waals surface area contributed by atoms with E-state index in [2.05, 4.69) is 5.32 Å². The molecule has 0 amide bonds. The summed E-state index contributed by atoms with van der Waals surface area (Å²) in [6.45, 7) is 5.00. The van der Waals surface area contributed by atoms with Gasteiger partial charge in [0, 0.05) is 28.9 Å². The molecule has 1 aliphatic rings. The molecule has 4 nitrogen and oxygen atoms in total. The van der Waals surface area contributed by atoms with Crippen LogP contribution < -0.4 is 5.32 Å². The van der Waals surface area contributed by atoms with Crippen molar-refractivity contribution in [2.75, 3.05) is 20.1 Å². The number of sulfonamides is 1. The van der Waals surface area contributed by atoms with Gasteiger partial charge in [-0.05, 0) is 33.4 Å². The highest BCUT2D eigenvalue weighted by molar-refractivity contribution is 7.89. The molecule has 0 spiro atoms. The summed E-state index contributed by atoms with van der Waals surface area (Å²) in [6, 6.07) is 2.06. The molecule has 1 fully saturated rings. The van der Waals surface area contributed by atoms with Crippen molar-refractivity contribution in [1.29, 1.82) is 0 Å². The number of likely N-dealkylation sites (N-methyl/N-ethyl adjacent to an activating group) is 1. The fourth-order valence-corrected chi connectivity index (χ4v) is 5.21. The van der Waals surface area contributed by atoms with Crippen molar-refractivity contribution in [1.82, 2.24) is 9.62 Å². The van der Waals surface area contributed by atoms with Gasteiger partial charge in [-0.15, -0.1) is 23.7 Å². The Morgan fingerprint density at radius 2 is 2.11 bits per heavy atom. The van der Waals surface area contributed by atoms with Gasteiger partial charge in [0.2, 0.25) is 10.0 Å². The van der Waals surface area contributed by atoms with Gasteiger partial charge in [0.05, 0.1) is 4.90 Å². The number of nitrogens with zero attached hydrogens (tertiary/aromatic N) is 1. The van der Waals surface area contributed by atoms with E-state index < -0.39 is 10.0 Å². The molecule has 1 N–H and O–H groups in total. The fourth-order valence-electron chi connectivity index (χ4n) is 2.18. The van der Waals surface area contributed by atoms with Crippen LogP contribution in [0.1, 0.15) is 16.2 Å². The second-order valence-electron chi connectivity index (χ2n) is 4.41. The minimum atomic E-state index is -3.29. The molecule has 1 aromatic heterocycles. The van der Waals surface area contributed by atoms with Crippen molar-refractivity contribution >= 4 is 33.8 Å². The smallest absolute Gasteiger partial charge is 0.244 e. The van der Waals surface area contributed by atoms with Crippen LogP contribution >= 0.6 is 23.7 Å². The van der Waals surface area contributed by atoms with Gasteiger partial charge in [-0.2, -0.15) is 4.31 Å². The minimum absolute atomic E-state index is 0. The number of rotatable bonds is 3.